The van der Waals surface area contributed by atoms with Gasteiger partial charge in [0.25, 0.3) is 0 Å². The maximum absolute atomic E-state index is 5.85. The van der Waals surface area contributed by atoms with Crippen LogP contribution in [0.2, 0.25) is 0 Å². The minimum atomic E-state index is 0.196. The van der Waals surface area contributed by atoms with Gasteiger partial charge in [-0.25, -0.2) is 4.98 Å². The molecule has 1 aromatic carbocycles. The monoisotopic (exact) mass is 438 g/mol. The summed E-state index contributed by atoms with van der Waals surface area (Å²) >= 11 is 3.32. The zero-order valence-electron chi connectivity index (χ0n) is 16.7. The highest BCUT2D eigenvalue weighted by molar-refractivity contribution is 7.98. The summed E-state index contributed by atoms with van der Waals surface area (Å²) in [5, 5.41) is 12.9. The van der Waals surface area contributed by atoms with Gasteiger partial charge in [-0.15, -0.1) is 21.5 Å². The summed E-state index contributed by atoms with van der Waals surface area (Å²) < 4.78 is 13.5. The summed E-state index contributed by atoms with van der Waals surface area (Å²) in [7, 11) is 0. The maximum Gasteiger partial charge on any atom is 0.200 e. The Labute approximate surface area is 183 Å². The summed E-state index contributed by atoms with van der Waals surface area (Å²) in [6, 6.07) is 12.3. The van der Waals surface area contributed by atoms with Crippen molar-refractivity contribution >= 4 is 23.1 Å². The van der Waals surface area contributed by atoms with E-state index in [0.29, 0.717) is 0 Å². The van der Waals surface area contributed by atoms with E-state index in [2.05, 4.69) is 51.3 Å². The van der Waals surface area contributed by atoms with Gasteiger partial charge in [-0.1, -0.05) is 41.6 Å². The smallest absolute Gasteiger partial charge is 0.200 e. The third-order valence-electron chi connectivity index (χ3n) is 5.07. The van der Waals surface area contributed by atoms with Crippen molar-refractivity contribution in [3.05, 3.63) is 59.3 Å². The number of furan rings is 1. The minimum absolute atomic E-state index is 0.196. The Morgan fingerprint density at radius 3 is 2.87 bits per heavy atom. The maximum atomic E-state index is 5.85. The molecule has 8 heteroatoms. The number of thioether (sulfide) groups is 1. The summed E-state index contributed by atoms with van der Waals surface area (Å²) in [6.07, 6.45) is 4.02. The number of hydrogen-bond acceptors (Lipinski definition) is 7. The van der Waals surface area contributed by atoms with Crippen LogP contribution in [0.5, 0.6) is 0 Å². The summed E-state index contributed by atoms with van der Waals surface area (Å²) in [5.74, 6) is 2.21. The average molecular weight is 439 g/mol. The standard InChI is InChI=1S/C22H22N4O2S2/c1-15-6-8-16(9-7-15)21-23-17(13-29-21)14-30-22-25-24-20(19-5-3-11-28-19)26(22)12-18-4-2-10-27-18/h3,5-9,11,13,18H,2,4,10,12,14H2,1H3. The van der Waals surface area contributed by atoms with Crippen LogP contribution < -0.4 is 0 Å². The molecule has 1 unspecified atom stereocenters. The molecule has 6 nitrogen and oxygen atoms in total. The van der Waals surface area contributed by atoms with E-state index in [1.807, 2.05) is 12.1 Å². The van der Waals surface area contributed by atoms with E-state index in [0.717, 1.165) is 64.8 Å². The van der Waals surface area contributed by atoms with Gasteiger partial charge in [-0.05, 0) is 31.9 Å². The molecular weight excluding hydrogens is 416 g/mol. The van der Waals surface area contributed by atoms with Gasteiger partial charge in [0.05, 0.1) is 24.6 Å². The molecule has 0 radical (unpaired) electrons. The molecule has 1 atom stereocenters. The first-order valence-electron chi connectivity index (χ1n) is 9.99. The average Bonchev–Trinajstić information content (AvgIpc) is 3.55. The van der Waals surface area contributed by atoms with Crippen molar-refractivity contribution in [3.8, 4) is 22.2 Å². The highest BCUT2D eigenvalue weighted by atomic mass is 32.2. The van der Waals surface area contributed by atoms with E-state index in [1.165, 1.54) is 5.56 Å². The number of benzene rings is 1. The van der Waals surface area contributed by atoms with Crippen LogP contribution in [0.1, 0.15) is 24.1 Å². The highest BCUT2D eigenvalue weighted by Crippen LogP contribution is 2.30. The van der Waals surface area contributed by atoms with E-state index in [1.54, 1.807) is 29.4 Å². The zero-order valence-corrected chi connectivity index (χ0v) is 18.3. The van der Waals surface area contributed by atoms with Crippen LogP contribution >= 0.6 is 23.1 Å². The SMILES string of the molecule is Cc1ccc(-c2nc(CSc3nnc(-c4ccco4)n3CC3CCCO3)cs2)cc1. The first-order valence-corrected chi connectivity index (χ1v) is 11.9. The topological polar surface area (TPSA) is 66.0 Å². The van der Waals surface area contributed by atoms with Crippen molar-refractivity contribution < 1.29 is 9.15 Å². The summed E-state index contributed by atoms with van der Waals surface area (Å²) in [5.41, 5.74) is 3.46. The molecule has 0 aliphatic carbocycles. The molecule has 0 N–H and O–H groups in total. The molecule has 1 aliphatic heterocycles. The van der Waals surface area contributed by atoms with Crippen molar-refractivity contribution in [2.24, 2.45) is 0 Å². The second-order valence-corrected chi connectivity index (χ2v) is 9.13. The minimum Gasteiger partial charge on any atom is -0.461 e. The van der Waals surface area contributed by atoms with Crippen molar-refractivity contribution in [1.29, 1.82) is 0 Å². The fraction of sp³-hybridized carbons (Fsp3) is 0.318. The Hall–Kier alpha value is -2.42. The molecule has 3 aromatic heterocycles. The normalized spacial score (nSPS) is 16.4. The Kier molecular flexibility index (Phi) is 5.70. The lowest BCUT2D eigenvalue weighted by Gasteiger charge is -2.13. The van der Waals surface area contributed by atoms with Crippen LogP contribution in [0.15, 0.2) is 57.6 Å². The van der Waals surface area contributed by atoms with Crippen LogP contribution in [0.4, 0.5) is 0 Å². The van der Waals surface area contributed by atoms with Gasteiger partial charge in [0.1, 0.15) is 5.01 Å². The number of rotatable bonds is 7. The first kappa shape index (κ1) is 19.5. The van der Waals surface area contributed by atoms with Crippen molar-refractivity contribution in [2.45, 2.75) is 43.3 Å². The van der Waals surface area contributed by atoms with Gasteiger partial charge in [0, 0.05) is 23.3 Å². The molecule has 0 spiro atoms. The lowest BCUT2D eigenvalue weighted by molar-refractivity contribution is 0.0952. The molecule has 1 saturated heterocycles. The van der Waals surface area contributed by atoms with Gasteiger partial charge >= 0.3 is 0 Å². The Bertz CT molecular complexity index is 1100. The van der Waals surface area contributed by atoms with E-state index in [4.69, 9.17) is 14.1 Å². The molecule has 0 saturated carbocycles. The second kappa shape index (κ2) is 8.75. The van der Waals surface area contributed by atoms with Crippen molar-refractivity contribution in [2.75, 3.05) is 6.61 Å². The van der Waals surface area contributed by atoms with E-state index in [9.17, 15) is 0 Å². The fourth-order valence-electron chi connectivity index (χ4n) is 3.48. The van der Waals surface area contributed by atoms with Crippen LogP contribution in [-0.4, -0.2) is 32.5 Å². The molecule has 30 heavy (non-hydrogen) atoms. The predicted octanol–water partition coefficient (Wildman–Crippen LogP) is 5.44. The molecule has 1 fully saturated rings. The number of aryl methyl sites for hydroxylation is 1. The Morgan fingerprint density at radius 1 is 1.20 bits per heavy atom. The van der Waals surface area contributed by atoms with Gasteiger partial charge < -0.3 is 9.15 Å². The van der Waals surface area contributed by atoms with E-state index < -0.39 is 0 Å². The molecule has 154 valence electrons. The van der Waals surface area contributed by atoms with Crippen LogP contribution in [-0.2, 0) is 17.0 Å². The molecular formula is C22H22N4O2S2. The quantitative estimate of drug-likeness (QED) is 0.358. The lowest BCUT2D eigenvalue weighted by Crippen LogP contribution is -2.16. The first-order chi connectivity index (χ1) is 14.8. The Balaban J connectivity index is 1.34. The fourth-order valence-corrected chi connectivity index (χ4v) is 5.25. The third-order valence-corrected chi connectivity index (χ3v) is 7.01. The largest absolute Gasteiger partial charge is 0.461 e. The third kappa shape index (κ3) is 4.21. The van der Waals surface area contributed by atoms with Gasteiger partial charge in [-0.3, -0.25) is 4.57 Å². The molecule has 5 rings (SSSR count). The predicted molar refractivity (Wildman–Crippen MR) is 119 cm³/mol. The highest BCUT2D eigenvalue weighted by Gasteiger charge is 2.23. The van der Waals surface area contributed by atoms with Crippen LogP contribution in [0.25, 0.3) is 22.2 Å². The van der Waals surface area contributed by atoms with Crippen molar-refractivity contribution in [3.63, 3.8) is 0 Å². The number of nitrogens with zero attached hydrogens (tertiary/aromatic N) is 4. The van der Waals surface area contributed by atoms with Gasteiger partial charge in [0.15, 0.2) is 10.9 Å². The second-order valence-electron chi connectivity index (χ2n) is 7.33. The van der Waals surface area contributed by atoms with E-state index >= 15 is 0 Å². The number of ether oxygens (including phenoxy) is 1. The lowest BCUT2D eigenvalue weighted by atomic mass is 10.2. The molecule has 0 bridgehead atoms. The van der Waals surface area contributed by atoms with Crippen LogP contribution in [0.3, 0.4) is 0 Å². The van der Waals surface area contributed by atoms with Gasteiger partial charge in [0.2, 0.25) is 5.82 Å². The Morgan fingerprint density at radius 2 is 2.10 bits per heavy atom. The van der Waals surface area contributed by atoms with Gasteiger partial charge in [-0.2, -0.15) is 0 Å². The number of thiazole rings is 1. The molecule has 4 aromatic rings. The number of hydrogen-bond donors (Lipinski definition) is 0. The summed E-state index contributed by atoms with van der Waals surface area (Å²) in [6.45, 7) is 3.65. The molecule has 1 aliphatic rings. The van der Waals surface area contributed by atoms with Crippen LogP contribution in [0, 0.1) is 6.92 Å². The van der Waals surface area contributed by atoms with Crippen molar-refractivity contribution in [1.82, 2.24) is 19.7 Å². The molecule has 0 amide bonds. The molecule has 4 heterocycles. The van der Waals surface area contributed by atoms with E-state index in [-0.39, 0.29) is 6.10 Å². The number of aromatic nitrogens is 4. The zero-order chi connectivity index (χ0) is 20.3. The summed E-state index contributed by atoms with van der Waals surface area (Å²) in [4.78, 5) is 4.81.